The fraction of sp³-hybridized carbons (Fsp3) is 0.556. The summed E-state index contributed by atoms with van der Waals surface area (Å²) in [6, 6.07) is -0.0881. The van der Waals surface area contributed by atoms with Crippen LogP contribution in [-0.2, 0) is 9.84 Å². The minimum Gasteiger partial charge on any atom is -0.382 e. The number of sulfone groups is 1. The Bertz CT molecular complexity index is 474. The van der Waals surface area contributed by atoms with E-state index in [0.29, 0.717) is 18.1 Å². The van der Waals surface area contributed by atoms with Crippen molar-refractivity contribution in [3.05, 3.63) is 12.4 Å². The summed E-state index contributed by atoms with van der Waals surface area (Å²) in [5.74, 6) is 1.29. The van der Waals surface area contributed by atoms with Gasteiger partial charge >= 0.3 is 0 Å². The van der Waals surface area contributed by atoms with Crippen molar-refractivity contribution in [2.75, 3.05) is 22.6 Å². The zero-order chi connectivity index (χ0) is 11.6. The number of aromatic nitrogens is 2. The van der Waals surface area contributed by atoms with Gasteiger partial charge in [-0.25, -0.2) is 13.4 Å². The first kappa shape index (κ1) is 11.1. The van der Waals surface area contributed by atoms with Gasteiger partial charge in [0.15, 0.2) is 9.84 Å². The Hall–Kier alpha value is -1.37. The van der Waals surface area contributed by atoms with E-state index in [2.05, 4.69) is 15.3 Å². The van der Waals surface area contributed by atoms with Crippen molar-refractivity contribution in [2.24, 2.45) is 0 Å². The van der Waals surface area contributed by atoms with Gasteiger partial charge in [-0.3, -0.25) is 4.98 Å². The highest BCUT2D eigenvalue weighted by atomic mass is 32.2. The number of nitrogen functional groups attached to an aromatic ring is 1. The molecular weight excluding hydrogens is 228 g/mol. The molecule has 2 heterocycles. The third-order valence-electron chi connectivity index (χ3n) is 2.47. The van der Waals surface area contributed by atoms with Gasteiger partial charge in [0.2, 0.25) is 0 Å². The van der Waals surface area contributed by atoms with E-state index in [-0.39, 0.29) is 17.5 Å². The number of nitrogens with zero attached hydrogens (tertiary/aromatic N) is 2. The van der Waals surface area contributed by atoms with E-state index < -0.39 is 9.84 Å². The average molecular weight is 242 g/mol. The second-order valence-electron chi connectivity index (χ2n) is 3.93. The van der Waals surface area contributed by atoms with Crippen LogP contribution in [0.25, 0.3) is 0 Å². The monoisotopic (exact) mass is 242 g/mol. The summed E-state index contributed by atoms with van der Waals surface area (Å²) in [6.45, 7) is 0. The summed E-state index contributed by atoms with van der Waals surface area (Å²) in [5.41, 5.74) is 5.49. The van der Waals surface area contributed by atoms with Crippen LogP contribution in [0.2, 0.25) is 0 Å². The largest absolute Gasteiger partial charge is 0.382 e. The first-order valence-corrected chi connectivity index (χ1v) is 6.92. The standard InChI is InChI=1S/C9H14N4O2S/c10-8-4-11-5-9(13-8)12-7-2-1-3-16(14,15)6-7/h4-5,7H,1-3,6H2,(H3,10,12,13). The van der Waals surface area contributed by atoms with E-state index in [4.69, 9.17) is 5.73 Å². The van der Waals surface area contributed by atoms with Crippen molar-refractivity contribution in [1.29, 1.82) is 0 Å². The highest BCUT2D eigenvalue weighted by Gasteiger charge is 2.24. The number of anilines is 2. The van der Waals surface area contributed by atoms with Gasteiger partial charge in [-0.1, -0.05) is 0 Å². The van der Waals surface area contributed by atoms with E-state index in [0.717, 1.165) is 6.42 Å². The van der Waals surface area contributed by atoms with Crippen molar-refractivity contribution in [2.45, 2.75) is 18.9 Å². The molecule has 1 aliphatic rings. The Balaban J connectivity index is 2.05. The molecule has 1 aliphatic heterocycles. The first-order valence-electron chi connectivity index (χ1n) is 5.10. The molecule has 6 nitrogen and oxygen atoms in total. The van der Waals surface area contributed by atoms with Crippen LogP contribution in [0.1, 0.15) is 12.8 Å². The zero-order valence-corrected chi connectivity index (χ0v) is 9.57. The normalized spacial score (nSPS) is 23.9. The van der Waals surface area contributed by atoms with Gasteiger partial charge in [-0.2, -0.15) is 0 Å². The van der Waals surface area contributed by atoms with Crippen molar-refractivity contribution in [3.8, 4) is 0 Å². The predicted octanol–water partition coefficient (Wildman–Crippen LogP) is 0.0479. The molecule has 0 spiro atoms. The van der Waals surface area contributed by atoms with Crippen molar-refractivity contribution in [1.82, 2.24) is 9.97 Å². The molecule has 0 saturated carbocycles. The molecule has 1 unspecified atom stereocenters. The fourth-order valence-electron chi connectivity index (χ4n) is 1.80. The molecule has 0 aromatic carbocycles. The topological polar surface area (TPSA) is 98.0 Å². The van der Waals surface area contributed by atoms with Crippen LogP contribution in [0, 0.1) is 0 Å². The van der Waals surface area contributed by atoms with Crippen LogP contribution < -0.4 is 11.1 Å². The lowest BCUT2D eigenvalue weighted by atomic mass is 10.2. The molecule has 1 aromatic heterocycles. The summed E-state index contributed by atoms with van der Waals surface area (Å²) in [7, 11) is -2.90. The highest BCUT2D eigenvalue weighted by Crippen LogP contribution is 2.16. The summed E-state index contributed by atoms with van der Waals surface area (Å²) in [6.07, 6.45) is 4.51. The van der Waals surface area contributed by atoms with Crippen LogP contribution in [0.4, 0.5) is 11.6 Å². The van der Waals surface area contributed by atoms with Crippen LogP contribution >= 0.6 is 0 Å². The molecule has 16 heavy (non-hydrogen) atoms. The summed E-state index contributed by atoms with van der Waals surface area (Å²) in [5, 5.41) is 3.04. The smallest absolute Gasteiger partial charge is 0.152 e. The van der Waals surface area contributed by atoms with Gasteiger partial charge in [0.05, 0.1) is 23.9 Å². The molecule has 0 aliphatic carbocycles. The van der Waals surface area contributed by atoms with Gasteiger partial charge in [-0.05, 0) is 12.8 Å². The molecule has 0 radical (unpaired) electrons. The Kier molecular flexibility index (Phi) is 2.95. The summed E-state index contributed by atoms with van der Waals surface area (Å²) < 4.78 is 22.8. The Morgan fingerprint density at radius 3 is 2.94 bits per heavy atom. The van der Waals surface area contributed by atoms with Gasteiger partial charge in [0.1, 0.15) is 11.6 Å². The Morgan fingerprint density at radius 2 is 2.25 bits per heavy atom. The lowest BCUT2D eigenvalue weighted by molar-refractivity contribution is 0.561. The Labute approximate surface area is 94.2 Å². The zero-order valence-electron chi connectivity index (χ0n) is 8.76. The van der Waals surface area contributed by atoms with Crippen molar-refractivity contribution in [3.63, 3.8) is 0 Å². The second-order valence-corrected chi connectivity index (χ2v) is 6.16. The Morgan fingerprint density at radius 1 is 1.44 bits per heavy atom. The molecule has 2 rings (SSSR count). The number of rotatable bonds is 2. The molecule has 88 valence electrons. The van der Waals surface area contributed by atoms with Gasteiger partial charge in [-0.15, -0.1) is 0 Å². The second kappa shape index (κ2) is 4.25. The predicted molar refractivity (Wildman–Crippen MR) is 61.7 cm³/mol. The maximum atomic E-state index is 11.4. The first-order chi connectivity index (χ1) is 7.55. The highest BCUT2D eigenvalue weighted by molar-refractivity contribution is 7.91. The molecular formula is C9H14N4O2S. The van der Waals surface area contributed by atoms with E-state index in [9.17, 15) is 8.42 Å². The lowest BCUT2D eigenvalue weighted by Gasteiger charge is -2.23. The molecule has 1 atom stereocenters. The quantitative estimate of drug-likeness (QED) is 0.760. The number of nitrogens with one attached hydrogen (secondary N) is 1. The maximum Gasteiger partial charge on any atom is 0.152 e. The van der Waals surface area contributed by atoms with Crippen molar-refractivity contribution < 1.29 is 8.42 Å². The van der Waals surface area contributed by atoms with E-state index >= 15 is 0 Å². The van der Waals surface area contributed by atoms with Crippen LogP contribution in [0.3, 0.4) is 0 Å². The van der Waals surface area contributed by atoms with E-state index in [1.54, 1.807) is 0 Å². The molecule has 0 bridgehead atoms. The van der Waals surface area contributed by atoms with Gasteiger partial charge in [0.25, 0.3) is 0 Å². The lowest BCUT2D eigenvalue weighted by Crippen LogP contribution is -2.35. The third-order valence-corrected chi connectivity index (χ3v) is 4.29. The molecule has 0 amide bonds. The number of nitrogens with two attached hydrogens (primary N) is 1. The van der Waals surface area contributed by atoms with Crippen LogP contribution in [0.5, 0.6) is 0 Å². The summed E-state index contributed by atoms with van der Waals surface area (Å²) >= 11 is 0. The summed E-state index contributed by atoms with van der Waals surface area (Å²) in [4.78, 5) is 7.91. The van der Waals surface area contributed by atoms with Gasteiger partial charge in [0, 0.05) is 6.04 Å². The minimum absolute atomic E-state index is 0.0881. The molecule has 1 saturated heterocycles. The van der Waals surface area contributed by atoms with E-state index in [1.807, 2.05) is 0 Å². The van der Waals surface area contributed by atoms with Crippen molar-refractivity contribution >= 4 is 21.5 Å². The molecule has 7 heteroatoms. The number of hydrogen-bond donors (Lipinski definition) is 2. The van der Waals surface area contributed by atoms with Crippen LogP contribution in [0.15, 0.2) is 12.4 Å². The number of hydrogen-bond acceptors (Lipinski definition) is 6. The molecule has 3 N–H and O–H groups in total. The maximum absolute atomic E-state index is 11.4. The van der Waals surface area contributed by atoms with Gasteiger partial charge < -0.3 is 11.1 Å². The third kappa shape index (κ3) is 2.82. The fourth-order valence-corrected chi connectivity index (χ4v) is 3.43. The van der Waals surface area contributed by atoms with E-state index in [1.165, 1.54) is 12.4 Å². The SMILES string of the molecule is Nc1cncc(NC2CCCS(=O)(=O)C2)n1. The molecule has 1 fully saturated rings. The average Bonchev–Trinajstić information content (AvgIpc) is 2.15. The minimum atomic E-state index is -2.90. The van der Waals surface area contributed by atoms with Crippen LogP contribution in [-0.4, -0.2) is 35.9 Å². The molecule has 1 aromatic rings.